The molecule has 1 saturated carbocycles. The molecule has 3 aliphatic rings. The van der Waals surface area contributed by atoms with E-state index in [1.807, 2.05) is 29.2 Å². The molecule has 1 aromatic rings. The maximum atomic E-state index is 13.6. The Bertz CT molecular complexity index is 749. The molecule has 1 atom stereocenters. The van der Waals surface area contributed by atoms with Crippen LogP contribution in [0.4, 0.5) is 0 Å². The molecule has 6 heteroatoms. The number of likely N-dealkylation sites (tertiary alicyclic amines) is 1. The van der Waals surface area contributed by atoms with Crippen LogP contribution in [-0.4, -0.2) is 71.8 Å². The zero-order chi connectivity index (χ0) is 21.1. The van der Waals surface area contributed by atoms with Crippen LogP contribution in [-0.2, 0) is 4.79 Å². The van der Waals surface area contributed by atoms with E-state index in [1.54, 1.807) is 0 Å². The molecule has 2 saturated heterocycles. The Kier molecular flexibility index (Phi) is 7.14. The number of halogens is 1. The fraction of sp³-hybridized carbons (Fsp3) is 0.667. The summed E-state index contributed by atoms with van der Waals surface area (Å²) >= 11 is 3.46. The number of carbonyl (C=O) groups is 2. The molecular formula is C24H34BrN3O2. The lowest BCUT2D eigenvalue weighted by atomic mass is 9.92. The van der Waals surface area contributed by atoms with Gasteiger partial charge >= 0.3 is 0 Å². The quantitative estimate of drug-likeness (QED) is 0.660. The van der Waals surface area contributed by atoms with E-state index in [4.69, 9.17) is 0 Å². The third-order valence-corrected chi connectivity index (χ3v) is 7.75. The number of rotatable bonds is 4. The summed E-state index contributed by atoms with van der Waals surface area (Å²) in [6.45, 7) is 7.07. The summed E-state index contributed by atoms with van der Waals surface area (Å²) in [5, 5.41) is 0. The number of amides is 2. The van der Waals surface area contributed by atoms with Crippen molar-refractivity contribution in [1.82, 2.24) is 14.7 Å². The van der Waals surface area contributed by atoms with Crippen LogP contribution in [0.1, 0.15) is 55.8 Å². The van der Waals surface area contributed by atoms with Crippen LogP contribution in [0, 0.1) is 11.8 Å². The molecule has 0 spiro atoms. The van der Waals surface area contributed by atoms with Crippen molar-refractivity contribution in [2.45, 2.75) is 51.5 Å². The summed E-state index contributed by atoms with van der Waals surface area (Å²) in [4.78, 5) is 32.9. The fourth-order valence-electron chi connectivity index (χ4n) is 5.35. The minimum Gasteiger partial charge on any atom is -0.341 e. The third kappa shape index (κ3) is 4.91. The molecule has 164 valence electrons. The summed E-state index contributed by atoms with van der Waals surface area (Å²) in [6, 6.07) is 7.61. The van der Waals surface area contributed by atoms with E-state index < -0.39 is 0 Å². The second-order valence-electron chi connectivity index (χ2n) is 9.34. The van der Waals surface area contributed by atoms with Gasteiger partial charge in [-0.15, -0.1) is 0 Å². The Morgan fingerprint density at radius 1 is 0.933 bits per heavy atom. The predicted octanol–water partition coefficient (Wildman–Crippen LogP) is 4.02. The smallest absolute Gasteiger partial charge is 0.253 e. The van der Waals surface area contributed by atoms with Gasteiger partial charge in [0.2, 0.25) is 5.91 Å². The lowest BCUT2D eigenvalue weighted by Gasteiger charge is -2.43. The van der Waals surface area contributed by atoms with Crippen molar-refractivity contribution in [3.63, 3.8) is 0 Å². The number of carbonyl (C=O) groups excluding carboxylic acids is 2. The second-order valence-corrected chi connectivity index (χ2v) is 10.3. The highest BCUT2D eigenvalue weighted by molar-refractivity contribution is 9.10. The zero-order valence-electron chi connectivity index (χ0n) is 18.1. The Morgan fingerprint density at radius 2 is 1.60 bits per heavy atom. The van der Waals surface area contributed by atoms with Gasteiger partial charge in [-0.2, -0.15) is 0 Å². The standard InChI is InChI=1S/C24H34BrN3O2/c1-18-9-11-27(12-10-18)24(30)22(19-5-2-3-6-19)26-13-15-28(16-14-26)23(29)20-7-4-8-21(25)17-20/h4,7-8,17-19,22H,2-3,5-6,9-16H2,1H3/t22-/m0/s1. The van der Waals surface area contributed by atoms with Gasteiger partial charge in [0.1, 0.15) is 0 Å². The third-order valence-electron chi connectivity index (χ3n) is 7.26. The number of hydrogen-bond acceptors (Lipinski definition) is 3. The highest BCUT2D eigenvalue weighted by atomic mass is 79.9. The monoisotopic (exact) mass is 475 g/mol. The normalized spacial score (nSPS) is 23.0. The first-order valence-corrected chi connectivity index (χ1v) is 12.4. The van der Waals surface area contributed by atoms with Crippen LogP contribution >= 0.6 is 15.9 Å². The average molecular weight is 476 g/mol. The Morgan fingerprint density at radius 3 is 2.23 bits per heavy atom. The van der Waals surface area contributed by atoms with Crippen molar-refractivity contribution >= 4 is 27.7 Å². The molecule has 5 nitrogen and oxygen atoms in total. The maximum Gasteiger partial charge on any atom is 0.253 e. The Balaban J connectivity index is 1.41. The van der Waals surface area contributed by atoms with Gasteiger partial charge in [-0.1, -0.05) is 41.8 Å². The van der Waals surface area contributed by atoms with Gasteiger partial charge in [-0.3, -0.25) is 14.5 Å². The van der Waals surface area contributed by atoms with Gasteiger partial charge in [0.05, 0.1) is 6.04 Å². The highest BCUT2D eigenvalue weighted by Crippen LogP contribution is 2.33. The van der Waals surface area contributed by atoms with Crippen LogP contribution in [0.2, 0.25) is 0 Å². The van der Waals surface area contributed by atoms with Gasteiger partial charge in [0.15, 0.2) is 0 Å². The minimum atomic E-state index is 0.00373. The van der Waals surface area contributed by atoms with Gasteiger partial charge in [-0.25, -0.2) is 0 Å². The second kappa shape index (κ2) is 9.82. The van der Waals surface area contributed by atoms with E-state index in [2.05, 4.69) is 32.7 Å². The minimum absolute atomic E-state index is 0.00373. The molecule has 0 aromatic heterocycles. The Hall–Kier alpha value is -1.40. The van der Waals surface area contributed by atoms with Gasteiger partial charge in [-0.05, 0) is 55.7 Å². The summed E-state index contributed by atoms with van der Waals surface area (Å²) in [7, 11) is 0. The molecule has 0 bridgehead atoms. The van der Waals surface area contributed by atoms with Gasteiger partial charge in [0.25, 0.3) is 5.91 Å². The van der Waals surface area contributed by atoms with Crippen molar-refractivity contribution in [2.75, 3.05) is 39.3 Å². The van der Waals surface area contributed by atoms with Crippen molar-refractivity contribution in [3.8, 4) is 0 Å². The van der Waals surface area contributed by atoms with Crippen LogP contribution in [0.5, 0.6) is 0 Å². The molecule has 1 aliphatic carbocycles. The SMILES string of the molecule is CC1CCN(C(=O)[C@H](C2CCCC2)N2CCN(C(=O)c3cccc(Br)c3)CC2)CC1. The van der Waals surface area contributed by atoms with Crippen LogP contribution in [0.25, 0.3) is 0 Å². The maximum absolute atomic E-state index is 13.6. The first-order chi connectivity index (χ1) is 14.5. The van der Waals surface area contributed by atoms with E-state index in [9.17, 15) is 9.59 Å². The molecule has 30 heavy (non-hydrogen) atoms. The summed E-state index contributed by atoms with van der Waals surface area (Å²) < 4.78 is 0.926. The van der Waals surface area contributed by atoms with Gasteiger partial charge in [0, 0.05) is 49.3 Å². The van der Waals surface area contributed by atoms with E-state index >= 15 is 0 Å². The summed E-state index contributed by atoms with van der Waals surface area (Å²) in [5.74, 6) is 1.64. The molecule has 1 aromatic carbocycles. The summed E-state index contributed by atoms with van der Waals surface area (Å²) in [6.07, 6.45) is 7.06. The summed E-state index contributed by atoms with van der Waals surface area (Å²) in [5.41, 5.74) is 0.726. The predicted molar refractivity (Wildman–Crippen MR) is 122 cm³/mol. The molecule has 0 N–H and O–H groups in total. The van der Waals surface area contributed by atoms with Crippen LogP contribution < -0.4 is 0 Å². The number of benzene rings is 1. The molecule has 4 rings (SSSR count). The topological polar surface area (TPSA) is 43.9 Å². The number of piperidine rings is 1. The van der Waals surface area contributed by atoms with E-state index in [0.717, 1.165) is 67.8 Å². The first kappa shape index (κ1) is 21.8. The molecule has 2 aliphatic heterocycles. The highest BCUT2D eigenvalue weighted by Gasteiger charge is 2.39. The number of piperazine rings is 1. The zero-order valence-corrected chi connectivity index (χ0v) is 19.6. The lowest BCUT2D eigenvalue weighted by Crippen LogP contribution is -2.59. The lowest BCUT2D eigenvalue weighted by molar-refractivity contribution is -0.141. The van der Waals surface area contributed by atoms with Gasteiger partial charge < -0.3 is 9.80 Å². The van der Waals surface area contributed by atoms with Crippen molar-refractivity contribution in [3.05, 3.63) is 34.3 Å². The van der Waals surface area contributed by atoms with E-state index in [-0.39, 0.29) is 11.9 Å². The molecule has 2 heterocycles. The molecular weight excluding hydrogens is 442 g/mol. The molecule has 2 amide bonds. The van der Waals surface area contributed by atoms with Crippen molar-refractivity contribution < 1.29 is 9.59 Å². The van der Waals surface area contributed by atoms with E-state index in [0.29, 0.717) is 24.9 Å². The molecule has 3 fully saturated rings. The Labute approximate surface area is 188 Å². The first-order valence-electron chi connectivity index (χ1n) is 11.6. The fourth-order valence-corrected chi connectivity index (χ4v) is 5.75. The molecule has 0 radical (unpaired) electrons. The van der Waals surface area contributed by atoms with Crippen molar-refractivity contribution in [1.29, 1.82) is 0 Å². The average Bonchev–Trinajstić information content (AvgIpc) is 3.29. The van der Waals surface area contributed by atoms with E-state index in [1.165, 1.54) is 12.8 Å². The van der Waals surface area contributed by atoms with Crippen molar-refractivity contribution in [2.24, 2.45) is 11.8 Å². The van der Waals surface area contributed by atoms with Crippen LogP contribution in [0.3, 0.4) is 0 Å². The number of nitrogens with zero attached hydrogens (tertiary/aromatic N) is 3. The number of hydrogen-bond donors (Lipinski definition) is 0. The van der Waals surface area contributed by atoms with Crippen LogP contribution in [0.15, 0.2) is 28.7 Å². The largest absolute Gasteiger partial charge is 0.341 e. The molecule has 0 unspecified atom stereocenters.